The molecule has 0 unspecified atom stereocenters. The number of aromatic carboxylic acids is 2. The number of hydrogen-bond donors (Lipinski definition) is 4. The van der Waals surface area contributed by atoms with Gasteiger partial charge in [-0.15, -0.1) is 0 Å². The van der Waals surface area contributed by atoms with Gasteiger partial charge < -0.3 is 20.4 Å². The molecule has 0 saturated carbocycles. The largest absolute Gasteiger partial charge is 0.504 e. The van der Waals surface area contributed by atoms with E-state index in [9.17, 15) is 28.6 Å². The number of carbonyl (C=O) groups is 2. The first-order valence-electron chi connectivity index (χ1n) is 6.20. The number of rotatable bonds is 4. The van der Waals surface area contributed by atoms with Crippen LogP contribution < -0.4 is 0 Å². The van der Waals surface area contributed by atoms with E-state index in [0.717, 1.165) is 24.3 Å². The highest BCUT2D eigenvalue weighted by Gasteiger charge is 2.18. The molecule has 0 bridgehead atoms. The van der Waals surface area contributed by atoms with Gasteiger partial charge in [-0.05, 0) is 41.8 Å². The molecule has 23 heavy (non-hydrogen) atoms. The Morgan fingerprint density at radius 3 is 1.43 bits per heavy atom. The Morgan fingerprint density at radius 1 is 0.783 bits per heavy atom. The highest BCUT2D eigenvalue weighted by Crippen LogP contribution is 2.27. The van der Waals surface area contributed by atoms with Crippen molar-refractivity contribution >= 4 is 11.9 Å². The van der Waals surface area contributed by atoms with E-state index in [1.807, 2.05) is 0 Å². The summed E-state index contributed by atoms with van der Waals surface area (Å²) in [7, 11) is 0. The van der Waals surface area contributed by atoms with Crippen molar-refractivity contribution in [3.63, 3.8) is 0 Å². The lowest BCUT2D eigenvalue weighted by Crippen LogP contribution is -2.03. The van der Waals surface area contributed by atoms with Gasteiger partial charge in [-0.3, -0.25) is 0 Å². The number of benzene rings is 2. The van der Waals surface area contributed by atoms with Gasteiger partial charge in [0.15, 0.2) is 23.1 Å². The highest BCUT2D eigenvalue weighted by molar-refractivity contribution is 5.91. The Balaban J connectivity index is 2.48. The van der Waals surface area contributed by atoms with Crippen LogP contribution in [-0.4, -0.2) is 32.4 Å². The fourth-order valence-electron chi connectivity index (χ4n) is 2.08. The maximum absolute atomic E-state index is 13.5. The zero-order valence-corrected chi connectivity index (χ0v) is 11.4. The van der Waals surface area contributed by atoms with Crippen molar-refractivity contribution in [2.45, 2.75) is 6.42 Å². The first-order chi connectivity index (χ1) is 10.7. The van der Waals surface area contributed by atoms with Crippen LogP contribution in [-0.2, 0) is 6.42 Å². The van der Waals surface area contributed by atoms with Gasteiger partial charge in [-0.1, -0.05) is 0 Å². The van der Waals surface area contributed by atoms with Crippen molar-refractivity contribution in [2.24, 2.45) is 0 Å². The summed E-state index contributed by atoms with van der Waals surface area (Å²) >= 11 is 0. The molecule has 0 saturated heterocycles. The maximum atomic E-state index is 13.5. The summed E-state index contributed by atoms with van der Waals surface area (Å²) in [6.45, 7) is 0. The normalized spacial score (nSPS) is 10.5. The molecule has 0 atom stereocenters. The minimum atomic E-state index is -1.55. The summed E-state index contributed by atoms with van der Waals surface area (Å²) in [4.78, 5) is 21.8. The molecule has 0 fully saturated rings. The number of carboxylic acids is 2. The highest BCUT2D eigenvalue weighted by atomic mass is 19.1. The van der Waals surface area contributed by atoms with Crippen molar-refractivity contribution in [1.82, 2.24) is 0 Å². The van der Waals surface area contributed by atoms with Crippen molar-refractivity contribution in [2.75, 3.05) is 0 Å². The summed E-state index contributed by atoms with van der Waals surface area (Å²) in [6.07, 6.45) is -0.199. The van der Waals surface area contributed by atoms with Gasteiger partial charge in [0.05, 0.1) is 0 Å². The standard InChI is InChI=1S/C15H10F2O6/c16-10-4-6(2-8(12(10)18)14(20)21)1-7-3-9(15(22)23)13(19)11(17)5-7/h2-5,18-19H,1H2,(H,20,21)(H,22,23). The predicted octanol–water partition coefficient (Wildman–Crippen LogP) is 2.36. The van der Waals surface area contributed by atoms with E-state index in [4.69, 9.17) is 10.2 Å². The summed E-state index contributed by atoms with van der Waals surface area (Å²) in [5, 5.41) is 36.4. The van der Waals surface area contributed by atoms with Crippen LogP contribution in [0.15, 0.2) is 24.3 Å². The summed E-state index contributed by atoms with van der Waals surface area (Å²) < 4.78 is 27.1. The molecule has 0 aliphatic rings. The van der Waals surface area contributed by atoms with Gasteiger partial charge in [0, 0.05) is 0 Å². The second-order valence-corrected chi connectivity index (χ2v) is 4.73. The topological polar surface area (TPSA) is 115 Å². The van der Waals surface area contributed by atoms with Crippen LogP contribution in [0.5, 0.6) is 11.5 Å². The summed E-state index contributed by atoms with van der Waals surface area (Å²) in [5.41, 5.74) is -1.17. The molecule has 0 spiro atoms. The monoisotopic (exact) mass is 324 g/mol. The lowest BCUT2D eigenvalue weighted by molar-refractivity contribution is 0.0681. The summed E-state index contributed by atoms with van der Waals surface area (Å²) in [5.74, 6) is -7.48. The van der Waals surface area contributed by atoms with E-state index >= 15 is 0 Å². The number of phenols is 2. The van der Waals surface area contributed by atoms with E-state index in [0.29, 0.717) is 0 Å². The third-order valence-electron chi connectivity index (χ3n) is 3.12. The van der Waals surface area contributed by atoms with Gasteiger partial charge >= 0.3 is 11.9 Å². The van der Waals surface area contributed by atoms with E-state index in [1.54, 1.807) is 0 Å². The molecule has 2 rings (SSSR count). The van der Waals surface area contributed by atoms with Crippen molar-refractivity contribution < 1.29 is 38.8 Å². The average Bonchev–Trinajstić information content (AvgIpc) is 2.45. The molecule has 8 heteroatoms. The van der Waals surface area contributed by atoms with Crippen LogP contribution >= 0.6 is 0 Å². The van der Waals surface area contributed by atoms with E-state index in [-0.39, 0.29) is 17.5 Å². The summed E-state index contributed by atoms with van der Waals surface area (Å²) in [6, 6.07) is 3.69. The molecule has 4 N–H and O–H groups in total. The lowest BCUT2D eigenvalue weighted by Gasteiger charge is -2.09. The van der Waals surface area contributed by atoms with Crippen LogP contribution in [0, 0.1) is 11.6 Å². The van der Waals surface area contributed by atoms with Crippen LogP contribution in [0.25, 0.3) is 0 Å². The first-order valence-corrected chi connectivity index (χ1v) is 6.20. The lowest BCUT2D eigenvalue weighted by atomic mass is 9.99. The van der Waals surface area contributed by atoms with Crippen molar-refractivity contribution in [3.8, 4) is 11.5 Å². The van der Waals surface area contributed by atoms with Crippen LogP contribution in [0.2, 0.25) is 0 Å². The zero-order valence-electron chi connectivity index (χ0n) is 11.4. The quantitative estimate of drug-likeness (QED) is 0.686. The SMILES string of the molecule is O=C(O)c1cc(Cc2cc(F)c(O)c(C(=O)O)c2)cc(F)c1O. The molecule has 120 valence electrons. The Morgan fingerprint density at radius 2 is 1.13 bits per heavy atom. The molecule has 0 aliphatic carbocycles. The van der Waals surface area contributed by atoms with Gasteiger partial charge in [0.25, 0.3) is 0 Å². The second kappa shape index (κ2) is 5.91. The Kier molecular flexibility index (Phi) is 4.17. The molecule has 6 nitrogen and oxygen atoms in total. The first kappa shape index (κ1) is 16.2. The molecule has 0 heterocycles. The smallest absolute Gasteiger partial charge is 0.339 e. The fraction of sp³-hybridized carbons (Fsp3) is 0.0667. The van der Waals surface area contributed by atoms with Gasteiger partial charge in [0.2, 0.25) is 0 Å². The number of halogens is 2. The number of carboxylic acid groups (broad SMARTS) is 2. The van der Waals surface area contributed by atoms with Crippen LogP contribution in [0.1, 0.15) is 31.8 Å². The fourth-order valence-corrected chi connectivity index (χ4v) is 2.08. The Bertz CT molecular complexity index is 749. The maximum Gasteiger partial charge on any atom is 0.339 e. The van der Waals surface area contributed by atoms with Crippen LogP contribution in [0.3, 0.4) is 0 Å². The van der Waals surface area contributed by atoms with Crippen molar-refractivity contribution in [1.29, 1.82) is 0 Å². The molecule has 0 radical (unpaired) electrons. The third-order valence-corrected chi connectivity index (χ3v) is 3.12. The van der Waals surface area contributed by atoms with E-state index < -0.39 is 46.2 Å². The minimum absolute atomic E-state index is 0.0825. The minimum Gasteiger partial charge on any atom is -0.504 e. The van der Waals surface area contributed by atoms with Gasteiger partial charge in [-0.25, -0.2) is 18.4 Å². The number of hydrogen-bond acceptors (Lipinski definition) is 4. The Hall–Kier alpha value is -3.16. The molecular weight excluding hydrogens is 314 g/mol. The van der Waals surface area contributed by atoms with E-state index in [2.05, 4.69) is 0 Å². The molecule has 2 aromatic carbocycles. The van der Waals surface area contributed by atoms with E-state index in [1.165, 1.54) is 0 Å². The molecule has 0 aromatic heterocycles. The average molecular weight is 324 g/mol. The van der Waals surface area contributed by atoms with Crippen LogP contribution in [0.4, 0.5) is 8.78 Å². The molecule has 0 aliphatic heterocycles. The molecular formula is C15H10F2O6. The third kappa shape index (κ3) is 3.20. The van der Waals surface area contributed by atoms with Crippen molar-refractivity contribution in [3.05, 3.63) is 58.2 Å². The Labute approximate surface area is 127 Å². The van der Waals surface area contributed by atoms with Gasteiger partial charge in [-0.2, -0.15) is 0 Å². The zero-order chi connectivity index (χ0) is 17.3. The van der Waals surface area contributed by atoms with Gasteiger partial charge in [0.1, 0.15) is 11.1 Å². The predicted molar refractivity (Wildman–Crippen MR) is 72.9 cm³/mol. The number of aromatic hydroxyl groups is 2. The second-order valence-electron chi connectivity index (χ2n) is 4.73. The molecule has 2 aromatic rings. The molecule has 0 amide bonds.